The molecule has 2 N–H and O–H groups in total. The van der Waals surface area contributed by atoms with Crippen molar-refractivity contribution in [2.45, 2.75) is 37.2 Å². The summed E-state index contributed by atoms with van der Waals surface area (Å²) in [5.41, 5.74) is 1.85. The molecule has 1 aliphatic carbocycles. The Morgan fingerprint density at radius 2 is 1.88 bits per heavy atom. The number of anilines is 1. The van der Waals surface area contributed by atoms with E-state index in [-0.39, 0.29) is 17.0 Å². The van der Waals surface area contributed by atoms with E-state index in [0.717, 1.165) is 16.3 Å². The quantitative estimate of drug-likeness (QED) is 0.809. The fourth-order valence-corrected chi connectivity index (χ4v) is 5.18. The van der Waals surface area contributed by atoms with E-state index in [4.69, 9.17) is 0 Å². The van der Waals surface area contributed by atoms with Crippen molar-refractivity contribution in [1.29, 1.82) is 0 Å². The first-order chi connectivity index (χ1) is 12.3. The van der Waals surface area contributed by atoms with Crippen LogP contribution in [0.25, 0.3) is 0 Å². The van der Waals surface area contributed by atoms with Gasteiger partial charge in [0, 0.05) is 0 Å². The van der Waals surface area contributed by atoms with Gasteiger partial charge in [0.05, 0.1) is 28.8 Å². The molecule has 0 spiro atoms. The lowest BCUT2D eigenvalue weighted by molar-refractivity contribution is 0.0696. The number of aryl methyl sites for hydroxylation is 1. The molecule has 0 bridgehead atoms. The van der Waals surface area contributed by atoms with Crippen LogP contribution in [0.3, 0.4) is 0 Å². The molecular formula is C19H21NO5S. The average Bonchev–Trinajstić information content (AvgIpc) is 3.07. The van der Waals surface area contributed by atoms with Crippen LogP contribution in [0.5, 0.6) is 0 Å². The number of benzene rings is 2. The van der Waals surface area contributed by atoms with Gasteiger partial charge in [-0.3, -0.25) is 4.31 Å². The van der Waals surface area contributed by atoms with Crippen molar-refractivity contribution in [3.8, 4) is 0 Å². The van der Waals surface area contributed by atoms with E-state index in [0.29, 0.717) is 24.1 Å². The predicted octanol–water partition coefficient (Wildman–Crippen LogP) is 2.45. The summed E-state index contributed by atoms with van der Waals surface area (Å²) >= 11 is 0. The molecule has 26 heavy (non-hydrogen) atoms. The fourth-order valence-electron chi connectivity index (χ4n) is 3.31. The van der Waals surface area contributed by atoms with Gasteiger partial charge in [-0.05, 0) is 61.6 Å². The van der Waals surface area contributed by atoms with Crippen LogP contribution < -0.4 is 4.31 Å². The summed E-state index contributed by atoms with van der Waals surface area (Å²) in [4.78, 5) is 11.5. The second-order valence-electron chi connectivity index (χ2n) is 6.49. The van der Waals surface area contributed by atoms with Crippen LogP contribution in [0, 0.1) is 0 Å². The van der Waals surface area contributed by atoms with E-state index >= 15 is 0 Å². The highest BCUT2D eigenvalue weighted by Gasteiger charge is 2.32. The van der Waals surface area contributed by atoms with Crippen molar-refractivity contribution in [2.24, 2.45) is 0 Å². The number of carboxylic acids is 1. The molecule has 0 radical (unpaired) electrons. The number of nitrogens with zero attached hydrogens (tertiary/aromatic N) is 1. The second kappa shape index (κ2) is 7.09. The van der Waals surface area contributed by atoms with Gasteiger partial charge in [-0.25, -0.2) is 13.2 Å². The molecule has 2 aromatic rings. The van der Waals surface area contributed by atoms with E-state index in [1.165, 1.54) is 13.0 Å². The zero-order valence-corrected chi connectivity index (χ0v) is 15.2. The van der Waals surface area contributed by atoms with Gasteiger partial charge < -0.3 is 10.2 Å². The largest absolute Gasteiger partial charge is 0.478 e. The van der Waals surface area contributed by atoms with Gasteiger partial charge in [-0.1, -0.05) is 18.2 Å². The number of hydrogen-bond donors (Lipinski definition) is 2. The first-order valence-corrected chi connectivity index (χ1v) is 9.89. The normalized spacial score (nSPS) is 14.7. The Labute approximate surface area is 152 Å². The van der Waals surface area contributed by atoms with Crippen molar-refractivity contribution >= 4 is 21.7 Å². The van der Waals surface area contributed by atoms with Crippen LogP contribution in [0.4, 0.5) is 5.69 Å². The molecule has 0 saturated heterocycles. The Hall–Kier alpha value is -2.38. The lowest BCUT2D eigenvalue weighted by Crippen LogP contribution is -2.37. The van der Waals surface area contributed by atoms with Gasteiger partial charge >= 0.3 is 5.97 Å². The molecule has 2 aromatic carbocycles. The summed E-state index contributed by atoms with van der Waals surface area (Å²) in [6.45, 7) is 1.40. The highest BCUT2D eigenvalue weighted by atomic mass is 32.2. The molecule has 1 aliphatic rings. The minimum atomic E-state index is -4.02. The Morgan fingerprint density at radius 3 is 2.50 bits per heavy atom. The smallest absolute Gasteiger partial charge is 0.335 e. The highest BCUT2D eigenvalue weighted by molar-refractivity contribution is 7.92. The first kappa shape index (κ1) is 18.4. The number of aromatic carboxylic acids is 1. The molecule has 0 aliphatic heterocycles. The zero-order chi connectivity index (χ0) is 18.9. The molecule has 0 saturated carbocycles. The van der Waals surface area contributed by atoms with E-state index in [1.54, 1.807) is 36.4 Å². The molecular weight excluding hydrogens is 354 g/mol. The molecule has 0 amide bonds. The third-order valence-corrected chi connectivity index (χ3v) is 6.32. The molecule has 138 valence electrons. The number of aliphatic hydroxyl groups excluding tert-OH is 1. The number of para-hydroxylation sites is 1. The second-order valence-corrected chi connectivity index (χ2v) is 8.32. The molecule has 3 rings (SSSR count). The number of rotatable bonds is 6. The number of carbonyl (C=O) groups is 1. The number of carboxylic acid groups (broad SMARTS) is 1. The Bertz CT molecular complexity index is 922. The van der Waals surface area contributed by atoms with E-state index < -0.39 is 22.1 Å². The number of hydrogen-bond acceptors (Lipinski definition) is 4. The predicted molar refractivity (Wildman–Crippen MR) is 98.1 cm³/mol. The standard InChI is InChI=1S/C19H21NO5S/c1-13(21)12-20(16-7-3-2-4-8-16)26(24,25)18-11-15(19(22)23)10-14-6-5-9-17(14)18/h2-4,7-8,10-11,13,21H,5-6,9,12H2,1H3,(H,22,23)/t13-/m1/s1. The minimum Gasteiger partial charge on any atom is -0.478 e. The van der Waals surface area contributed by atoms with Gasteiger partial charge in [0.2, 0.25) is 0 Å². The Kier molecular flexibility index (Phi) is 5.02. The summed E-state index contributed by atoms with van der Waals surface area (Å²) in [6, 6.07) is 11.3. The van der Waals surface area contributed by atoms with Crippen LogP contribution in [-0.4, -0.2) is 37.2 Å². The minimum absolute atomic E-state index is 0.0226. The molecule has 0 fully saturated rings. The monoisotopic (exact) mass is 375 g/mol. The molecule has 1 atom stereocenters. The van der Waals surface area contributed by atoms with Crippen molar-refractivity contribution in [2.75, 3.05) is 10.8 Å². The van der Waals surface area contributed by atoms with Crippen molar-refractivity contribution in [1.82, 2.24) is 0 Å². The van der Waals surface area contributed by atoms with E-state index in [9.17, 15) is 23.4 Å². The van der Waals surface area contributed by atoms with Crippen LogP contribution in [-0.2, 0) is 22.9 Å². The first-order valence-electron chi connectivity index (χ1n) is 8.45. The molecule has 7 heteroatoms. The zero-order valence-electron chi connectivity index (χ0n) is 14.4. The maximum absolute atomic E-state index is 13.4. The molecule has 0 aromatic heterocycles. The van der Waals surface area contributed by atoms with Gasteiger partial charge in [-0.2, -0.15) is 0 Å². The lowest BCUT2D eigenvalue weighted by Gasteiger charge is -2.27. The van der Waals surface area contributed by atoms with E-state index in [2.05, 4.69) is 0 Å². The average molecular weight is 375 g/mol. The van der Waals surface area contributed by atoms with Crippen LogP contribution in [0.1, 0.15) is 34.8 Å². The van der Waals surface area contributed by atoms with Gasteiger partial charge in [0.25, 0.3) is 10.0 Å². The topological polar surface area (TPSA) is 94.9 Å². The summed E-state index contributed by atoms with van der Waals surface area (Å²) in [7, 11) is -4.02. The number of sulfonamides is 1. The van der Waals surface area contributed by atoms with Crippen LogP contribution in [0.2, 0.25) is 0 Å². The maximum Gasteiger partial charge on any atom is 0.335 e. The van der Waals surface area contributed by atoms with Crippen LogP contribution in [0.15, 0.2) is 47.4 Å². The SMILES string of the molecule is C[C@@H](O)CN(c1ccccc1)S(=O)(=O)c1cc(C(=O)O)cc2c1CCC2. The molecule has 6 nitrogen and oxygen atoms in total. The Morgan fingerprint density at radius 1 is 1.19 bits per heavy atom. The van der Waals surface area contributed by atoms with Gasteiger partial charge in [-0.15, -0.1) is 0 Å². The lowest BCUT2D eigenvalue weighted by atomic mass is 10.1. The third-order valence-electron chi connectivity index (χ3n) is 4.46. The van der Waals surface area contributed by atoms with E-state index in [1.807, 2.05) is 0 Å². The number of fused-ring (bicyclic) bond motifs is 1. The van der Waals surface area contributed by atoms with Gasteiger partial charge in [0.1, 0.15) is 0 Å². The summed E-state index contributed by atoms with van der Waals surface area (Å²) < 4.78 is 28.0. The van der Waals surface area contributed by atoms with Crippen molar-refractivity contribution in [3.63, 3.8) is 0 Å². The number of aliphatic hydroxyl groups is 1. The summed E-state index contributed by atoms with van der Waals surface area (Å²) in [6.07, 6.45) is 1.19. The van der Waals surface area contributed by atoms with Crippen molar-refractivity contribution in [3.05, 3.63) is 59.2 Å². The maximum atomic E-state index is 13.4. The fraction of sp³-hybridized carbons (Fsp3) is 0.316. The molecule has 0 unspecified atom stereocenters. The van der Waals surface area contributed by atoms with Crippen molar-refractivity contribution < 1.29 is 23.4 Å². The Balaban J connectivity index is 2.18. The highest BCUT2D eigenvalue weighted by Crippen LogP contribution is 2.33. The molecule has 0 heterocycles. The van der Waals surface area contributed by atoms with Crippen LogP contribution >= 0.6 is 0 Å². The summed E-state index contributed by atoms with van der Waals surface area (Å²) in [5, 5.41) is 19.2. The van der Waals surface area contributed by atoms with Gasteiger partial charge in [0.15, 0.2) is 0 Å². The third kappa shape index (κ3) is 3.45. The summed E-state index contributed by atoms with van der Waals surface area (Å²) in [5.74, 6) is -1.15.